The number of aromatic amines is 1. The quantitative estimate of drug-likeness (QED) is 0.594. The van der Waals surface area contributed by atoms with Crippen LogP contribution in [-0.4, -0.2) is 19.9 Å². The lowest BCUT2D eigenvalue weighted by molar-refractivity contribution is 0.471. The summed E-state index contributed by atoms with van der Waals surface area (Å²) < 4.78 is 14.9. The maximum atomic E-state index is 13.2. The van der Waals surface area contributed by atoms with Crippen LogP contribution < -0.4 is 5.56 Å². The Balaban J connectivity index is 2.08. The molecule has 0 spiro atoms. The first-order valence-electron chi connectivity index (χ1n) is 7.58. The van der Waals surface area contributed by atoms with Gasteiger partial charge in [0.05, 0.1) is 22.6 Å². The van der Waals surface area contributed by atoms with E-state index < -0.39 is 5.82 Å². The van der Waals surface area contributed by atoms with Crippen molar-refractivity contribution in [3.05, 3.63) is 58.8 Å². The Morgan fingerprint density at radius 3 is 2.79 bits per heavy atom. The second-order valence-electron chi connectivity index (χ2n) is 5.60. The van der Waals surface area contributed by atoms with Crippen molar-refractivity contribution in [1.29, 1.82) is 0 Å². The van der Waals surface area contributed by atoms with Crippen molar-refractivity contribution in [2.24, 2.45) is 0 Å². The van der Waals surface area contributed by atoms with Gasteiger partial charge in [-0.05, 0) is 30.7 Å². The van der Waals surface area contributed by atoms with Crippen LogP contribution in [0.4, 0.5) is 4.39 Å². The summed E-state index contributed by atoms with van der Waals surface area (Å²) in [4.78, 5) is 12.6. The number of aromatic nitrogens is 3. The Labute approximate surface area is 136 Å². The highest BCUT2D eigenvalue weighted by Gasteiger charge is 2.13. The first-order chi connectivity index (χ1) is 11.6. The van der Waals surface area contributed by atoms with Crippen LogP contribution in [0.25, 0.3) is 32.9 Å². The fourth-order valence-corrected chi connectivity index (χ4v) is 3.11. The van der Waals surface area contributed by atoms with Crippen molar-refractivity contribution in [3.8, 4) is 16.9 Å². The number of benzene rings is 2. The van der Waals surface area contributed by atoms with E-state index >= 15 is 0 Å². The van der Waals surface area contributed by atoms with Crippen LogP contribution in [0, 0.1) is 5.82 Å². The number of pyridine rings is 1. The van der Waals surface area contributed by atoms with E-state index in [1.807, 2.05) is 25.1 Å². The van der Waals surface area contributed by atoms with Crippen LogP contribution in [0.3, 0.4) is 0 Å². The fraction of sp³-hybridized carbons (Fsp3) is 0.111. The molecule has 0 unspecified atom stereocenters. The van der Waals surface area contributed by atoms with Crippen molar-refractivity contribution in [2.75, 3.05) is 0 Å². The molecule has 0 bridgehead atoms. The van der Waals surface area contributed by atoms with E-state index in [-0.39, 0.29) is 11.3 Å². The van der Waals surface area contributed by atoms with Crippen LogP contribution in [-0.2, 0) is 6.54 Å². The summed E-state index contributed by atoms with van der Waals surface area (Å²) in [6.45, 7) is 2.41. The second kappa shape index (κ2) is 5.19. The topological polar surface area (TPSA) is 70.9 Å². The van der Waals surface area contributed by atoms with Gasteiger partial charge in [0.25, 0.3) is 5.56 Å². The first kappa shape index (κ1) is 14.4. The van der Waals surface area contributed by atoms with E-state index in [1.54, 1.807) is 4.57 Å². The summed E-state index contributed by atoms with van der Waals surface area (Å²) in [5.41, 5.74) is 2.53. The molecule has 2 N–H and O–H groups in total. The van der Waals surface area contributed by atoms with E-state index in [9.17, 15) is 14.3 Å². The normalized spacial score (nSPS) is 11.4. The van der Waals surface area contributed by atoms with E-state index in [1.165, 1.54) is 18.3 Å². The minimum absolute atomic E-state index is 0.116. The molecule has 0 aliphatic rings. The van der Waals surface area contributed by atoms with Gasteiger partial charge in [0.1, 0.15) is 11.6 Å². The Morgan fingerprint density at radius 2 is 2.04 bits per heavy atom. The van der Waals surface area contributed by atoms with Gasteiger partial charge in [-0.3, -0.25) is 9.89 Å². The molecule has 4 rings (SSSR count). The molecule has 0 fully saturated rings. The van der Waals surface area contributed by atoms with Gasteiger partial charge in [0.2, 0.25) is 0 Å². The molecule has 0 aliphatic heterocycles. The number of phenols is 1. The van der Waals surface area contributed by atoms with Crippen molar-refractivity contribution in [3.63, 3.8) is 0 Å². The second-order valence-corrected chi connectivity index (χ2v) is 5.60. The Bertz CT molecular complexity index is 1140. The third-order valence-electron chi connectivity index (χ3n) is 4.26. The number of H-pyrrole nitrogens is 1. The van der Waals surface area contributed by atoms with Crippen molar-refractivity contribution < 1.29 is 9.50 Å². The van der Waals surface area contributed by atoms with E-state index in [0.29, 0.717) is 28.6 Å². The highest BCUT2D eigenvalue weighted by molar-refractivity contribution is 6.04. The average Bonchev–Trinajstić information content (AvgIpc) is 3.05. The Morgan fingerprint density at radius 1 is 1.21 bits per heavy atom. The van der Waals surface area contributed by atoms with Gasteiger partial charge in [0, 0.05) is 23.6 Å². The lowest BCUT2D eigenvalue weighted by atomic mass is 10.0. The zero-order valence-electron chi connectivity index (χ0n) is 12.9. The molecule has 0 atom stereocenters. The SMILES string of the molecule is CCn1c(=O)c2cn[nH]c2c2ccc(-c3ccc(F)cc3O)cc21. The molecule has 0 saturated carbocycles. The maximum Gasteiger partial charge on any atom is 0.262 e. The number of hydrogen-bond acceptors (Lipinski definition) is 3. The van der Waals surface area contributed by atoms with Gasteiger partial charge in [-0.1, -0.05) is 12.1 Å². The molecule has 6 heteroatoms. The molecule has 2 heterocycles. The van der Waals surface area contributed by atoms with Gasteiger partial charge in [-0.15, -0.1) is 0 Å². The van der Waals surface area contributed by atoms with Crippen molar-refractivity contribution >= 4 is 21.8 Å². The third-order valence-corrected chi connectivity index (χ3v) is 4.26. The number of aromatic hydroxyl groups is 1. The van der Waals surface area contributed by atoms with Crippen LogP contribution in [0.1, 0.15) is 6.92 Å². The van der Waals surface area contributed by atoms with E-state index in [2.05, 4.69) is 10.2 Å². The zero-order valence-corrected chi connectivity index (χ0v) is 12.9. The van der Waals surface area contributed by atoms with Crippen molar-refractivity contribution in [2.45, 2.75) is 13.5 Å². The van der Waals surface area contributed by atoms with E-state index in [4.69, 9.17) is 0 Å². The van der Waals surface area contributed by atoms with Crippen LogP contribution in [0.5, 0.6) is 5.75 Å². The third kappa shape index (κ3) is 2.00. The standard InChI is InChI=1S/C18H14FN3O2/c1-2-22-15-7-10(12-6-4-11(19)8-16(12)23)3-5-13(15)17-14(18(22)24)9-20-21-17/h3-9,23H,2H2,1H3,(H,20,21). The van der Waals surface area contributed by atoms with Gasteiger partial charge in [-0.25, -0.2) is 4.39 Å². The van der Waals surface area contributed by atoms with Gasteiger partial charge in [0.15, 0.2) is 0 Å². The lowest BCUT2D eigenvalue weighted by Gasteiger charge is -2.12. The highest BCUT2D eigenvalue weighted by Crippen LogP contribution is 2.32. The summed E-state index contributed by atoms with van der Waals surface area (Å²) in [5.74, 6) is -0.635. The highest BCUT2D eigenvalue weighted by atomic mass is 19.1. The summed E-state index contributed by atoms with van der Waals surface area (Å²) in [6, 6.07) is 9.43. The minimum atomic E-state index is -0.498. The molecular weight excluding hydrogens is 309 g/mol. The Hall–Kier alpha value is -3.15. The molecule has 0 amide bonds. The van der Waals surface area contributed by atoms with Crippen molar-refractivity contribution in [1.82, 2.24) is 14.8 Å². The monoisotopic (exact) mass is 323 g/mol. The predicted octanol–water partition coefficient (Wildman–Crippen LogP) is 3.41. The molecule has 2 aromatic carbocycles. The molecule has 120 valence electrons. The largest absolute Gasteiger partial charge is 0.507 e. The lowest BCUT2D eigenvalue weighted by Crippen LogP contribution is -2.19. The van der Waals surface area contributed by atoms with Gasteiger partial charge in [-0.2, -0.15) is 5.10 Å². The smallest absolute Gasteiger partial charge is 0.262 e. The summed E-state index contributed by atoms with van der Waals surface area (Å²) in [7, 11) is 0. The molecule has 24 heavy (non-hydrogen) atoms. The summed E-state index contributed by atoms with van der Waals surface area (Å²) in [5, 5.41) is 18.3. The van der Waals surface area contributed by atoms with Crippen LogP contribution in [0.2, 0.25) is 0 Å². The molecular formula is C18H14FN3O2. The molecule has 0 aliphatic carbocycles. The van der Waals surface area contributed by atoms with E-state index in [0.717, 1.165) is 17.0 Å². The van der Waals surface area contributed by atoms with Crippen LogP contribution in [0.15, 0.2) is 47.4 Å². The van der Waals surface area contributed by atoms with Crippen LogP contribution >= 0.6 is 0 Å². The number of fused-ring (bicyclic) bond motifs is 3. The summed E-state index contributed by atoms with van der Waals surface area (Å²) in [6.07, 6.45) is 1.53. The minimum Gasteiger partial charge on any atom is -0.507 e. The predicted molar refractivity (Wildman–Crippen MR) is 90.6 cm³/mol. The number of nitrogens with one attached hydrogen (secondary N) is 1. The molecule has 4 aromatic rings. The average molecular weight is 323 g/mol. The maximum absolute atomic E-state index is 13.2. The number of nitrogens with zero attached hydrogens (tertiary/aromatic N) is 2. The number of aryl methyl sites for hydroxylation is 1. The number of rotatable bonds is 2. The zero-order chi connectivity index (χ0) is 16.8. The Kier molecular flexibility index (Phi) is 3.13. The first-order valence-corrected chi connectivity index (χ1v) is 7.58. The number of hydrogen-bond donors (Lipinski definition) is 2. The van der Waals surface area contributed by atoms with Gasteiger partial charge < -0.3 is 9.67 Å². The molecule has 0 radical (unpaired) electrons. The number of phenolic OH excluding ortho intramolecular Hbond substituents is 1. The summed E-state index contributed by atoms with van der Waals surface area (Å²) >= 11 is 0. The van der Waals surface area contributed by atoms with Gasteiger partial charge >= 0.3 is 0 Å². The molecule has 0 saturated heterocycles. The molecule has 2 aromatic heterocycles. The molecule has 5 nitrogen and oxygen atoms in total. The fourth-order valence-electron chi connectivity index (χ4n) is 3.11. The number of halogens is 1.